The zero-order chi connectivity index (χ0) is 14.7. The summed E-state index contributed by atoms with van der Waals surface area (Å²) in [6.45, 7) is 4.50. The molecule has 0 amide bonds. The van der Waals surface area contributed by atoms with E-state index in [4.69, 9.17) is 0 Å². The lowest BCUT2D eigenvalue weighted by atomic mass is 9.41. The van der Waals surface area contributed by atoms with Crippen LogP contribution in [0.25, 0.3) is 0 Å². The average molecular weight is 277 g/mol. The zero-order valence-corrected chi connectivity index (χ0v) is 12.8. The van der Waals surface area contributed by atoms with E-state index in [9.17, 15) is 0 Å². The Morgan fingerprint density at radius 2 is 1.38 bits per heavy atom. The minimum absolute atomic E-state index is 0.580. The molecule has 0 atom stereocenters. The maximum absolute atomic E-state index is 2.39. The van der Waals surface area contributed by atoms with Crippen LogP contribution in [0, 0.1) is 5.92 Å². The molecule has 2 nitrogen and oxygen atoms in total. The monoisotopic (exact) mass is 277 g/mol. The van der Waals surface area contributed by atoms with Gasteiger partial charge in [-0.3, -0.25) is 0 Å². The van der Waals surface area contributed by atoms with Crippen LogP contribution in [0.15, 0.2) is 84.9 Å². The van der Waals surface area contributed by atoms with Crippen LogP contribution in [0.3, 0.4) is 0 Å². The second-order valence-electron chi connectivity index (χ2n) is 6.11. The van der Waals surface area contributed by atoms with Gasteiger partial charge in [0, 0.05) is 0 Å². The van der Waals surface area contributed by atoms with E-state index in [-0.39, 0.29) is 0 Å². The third kappa shape index (κ3) is 2.56. The fraction of sp³-hybridized carbons (Fsp3) is 0.222. The first kappa shape index (κ1) is 13.8. The highest BCUT2D eigenvalue weighted by Crippen LogP contribution is 2.21. The fourth-order valence-corrected chi connectivity index (χ4v) is 3.17. The summed E-state index contributed by atoms with van der Waals surface area (Å²) in [5.41, 5.74) is 1.43. The van der Waals surface area contributed by atoms with E-state index in [1.165, 1.54) is 5.57 Å². The molecule has 0 radical (unpaired) electrons. The van der Waals surface area contributed by atoms with Gasteiger partial charge in [0.2, 0.25) is 0 Å². The van der Waals surface area contributed by atoms with Crippen molar-refractivity contribution >= 4 is 6.42 Å². The predicted molar refractivity (Wildman–Crippen MR) is 86.7 cm³/mol. The predicted octanol–water partition coefficient (Wildman–Crippen LogP) is 2.79. The normalized spacial score (nSPS) is 16.8. The Kier molecular flexibility index (Phi) is 3.74. The molecule has 1 aliphatic heterocycles. The van der Waals surface area contributed by atoms with E-state index in [0.717, 1.165) is 6.32 Å². The first-order valence-corrected chi connectivity index (χ1v) is 7.72. The SMILES string of the molecule is CC(C)C1=CC[B-]([n+]2ccccc2)([n+]2ccccc2)C=C1. The minimum atomic E-state index is -0.982. The first-order valence-electron chi connectivity index (χ1n) is 7.72. The number of nitrogens with zero attached hydrogens (tertiary/aromatic N) is 2. The van der Waals surface area contributed by atoms with Crippen LogP contribution in [0.5, 0.6) is 0 Å². The third-order valence-electron chi connectivity index (χ3n) is 4.47. The number of hydrogen-bond donors (Lipinski definition) is 0. The molecule has 0 saturated heterocycles. The highest BCUT2D eigenvalue weighted by atomic mass is 15.1. The molecule has 3 rings (SSSR count). The molecule has 2 aromatic heterocycles. The smallest absolute Gasteiger partial charge is 0.357 e. The number of pyridine rings is 2. The van der Waals surface area contributed by atoms with Gasteiger partial charge in [-0.05, 0) is 36.5 Å². The average Bonchev–Trinajstić information content (AvgIpc) is 2.56. The van der Waals surface area contributed by atoms with Gasteiger partial charge in [-0.1, -0.05) is 43.6 Å². The van der Waals surface area contributed by atoms with Crippen LogP contribution in [0.4, 0.5) is 0 Å². The number of allylic oxidation sites excluding steroid dienone is 3. The molecule has 106 valence electrons. The Hall–Kier alpha value is -2.16. The van der Waals surface area contributed by atoms with E-state index in [0.29, 0.717) is 5.92 Å². The molecule has 1 aliphatic rings. The topological polar surface area (TPSA) is 7.76 Å². The molecule has 0 N–H and O–H groups in total. The highest BCUT2D eigenvalue weighted by Gasteiger charge is 2.47. The van der Waals surface area contributed by atoms with Crippen molar-refractivity contribution in [1.82, 2.24) is 0 Å². The Balaban J connectivity index is 2.09. The standard InChI is InChI=1S/C18H22BN2/c1-17(2)18-9-11-19(12-10-18,20-13-5-3-6-14-20)21-15-7-4-8-16-21/h3-11,13-17H,12H2,1-2H3/q+1. The van der Waals surface area contributed by atoms with Gasteiger partial charge in [-0.15, -0.1) is 6.08 Å². The Morgan fingerprint density at radius 1 is 0.857 bits per heavy atom. The lowest BCUT2D eigenvalue weighted by molar-refractivity contribution is -0.685. The van der Waals surface area contributed by atoms with Gasteiger partial charge in [0.05, 0.1) is 0 Å². The van der Waals surface area contributed by atoms with Crippen molar-refractivity contribution in [3.05, 3.63) is 84.9 Å². The van der Waals surface area contributed by atoms with E-state index < -0.39 is 6.42 Å². The molecule has 0 spiro atoms. The molecule has 3 heteroatoms. The van der Waals surface area contributed by atoms with Gasteiger partial charge in [0.1, 0.15) is 24.8 Å². The minimum Gasteiger partial charge on any atom is -0.357 e. The van der Waals surface area contributed by atoms with Crippen LogP contribution in [0.1, 0.15) is 13.8 Å². The van der Waals surface area contributed by atoms with Crippen molar-refractivity contribution in [3.8, 4) is 0 Å². The van der Waals surface area contributed by atoms with Crippen LogP contribution in [-0.2, 0) is 0 Å². The molecule has 0 fully saturated rings. The quantitative estimate of drug-likeness (QED) is 0.762. The molecule has 21 heavy (non-hydrogen) atoms. The highest BCUT2D eigenvalue weighted by molar-refractivity contribution is 6.69. The van der Waals surface area contributed by atoms with Crippen molar-refractivity contribution in [2.24, 2.45) is 5.92 Å². The van der Waals surface area contributed by atoms with Crippen molar-refractivity contribution < 1.29 is 8.96 Å². The van der Waals surface area contributed by atoms with Crippen molar-refractivity contribution in [2.45, 2.75) is 20.2 Å². The number of rotatable bonds is 3. The molecule has 0 bridgehead atoms. The van der Waals surface area contributed by atoms with Gasteiger partial charge in [-0.25, -0.2) is 0 Å². The summed E-state index contributed by atoms with van der Waals surface area (Å²) in [6, 6.07) is 12.5. The zero-order valence-electron chi connectivity index (χ0n) is 12.8. The molecule has 3 heterocycles. The molecule has 0 unspecified atom stereocenters. The largest absolute Gasteiger partial charge is 0.570 e. The van der Waals surface area contributed by atoms with E-state index in [2.05, 4.69) is 102 Å². The van der Waals surface area contributed by atoms with E-state index in [1.54, 1.807) is 0 Å². The van der Waals surface area contributed by atoms with Gasteiger partial charge < -0.3 is 8.96 Å². The number of hydrogen-bond acceptors (Lipinski definition) is 0. The summed E-state index contributed by atoms with van der Waals surface area (Å²) in [5.74, 6) is 2.96. The second-order valence-corrected chi connectivity index (χ2v) is 6.11. The summed E-state index contributed by atoms with van der Waals surface area (Å²) >= 11 is 0. The van der Waals surface area contributed by atoms with Crippen molar-refractivity contribution in [2.75, 3.05) is 0 Å². The molecule has 0 saturated carbocycles. The summed E-state index contributed by atoms with van der Waals surface area (Å²) in [7, 11) is 0. The Bertz CT molecular complexity index is 621. The lowest BCUT2D eigenvalue weighted by Gasteiger charge is -2.27. The Labute approximate surface area is 127 Å². The van der Waals surface area contributed by atoms with Crippen LogP contribution in [0.2, 0.25) is 6.32 Å². The molecular weight excluding hydrogens is 255 g/mol. The first-order chi connectivity index (χ1) is 10.2. The van der Waals surface area contributed by atoms with Crippen LogP contribution in [-0.4, -0.2) is 6.42 Å². The molecule has 0 aromatic carbocycles. The van der Waals surface area contributed by atoms with Gasteiger partial charge >= 0.3 is 6.42 Å². The third-order valence-corrected chi connectivity index (χ3v) is 4.47. The lowest BCUT2D eigenvalue weighted by Crippen LogP contribution is -2.80. The molecular formula is C18H22BN2+. The van der Waals surface area contributed by atoms with Crippen molar-refractivity contribution in [3.63, 3.8) is 0 Å². The molecule has 2 aromatic rings. The summed E-state index contributed by atoms with van der Waals surface area (Å²) in [6.07, 6.45) is 13.4. The van der Waals surface area contributed by atoms with Crippen LogP contribution >= 0.6 is 0 Å². The van der Waals surface area contributed by atoms with Gasteiger partial charge in [0.15, 0.2) is 0 Å². The van der Waals surface area contributed by atoms with E-state index >= 15 is 0 Å². The van der Waals surface area contributed by atoms with Crippen molar-refractivity contribution in [1.29, 1.82) is 0 Å². The van der Waals surface area contributed by atoms with E-state index in [1.807, 2.05) is 0 Å². The summed E-state index contributed by atoms with van der Waals surface area (Å²) in [4.78, 5) is 0. The van der Waals surface area contributed by atoms with Crippen LogP contribution < -0.4 is 8.96 Å². The summed E-state index contributed by atoms with van der Waals surface area (Å²) < 4.78 is 4.67. The number of aromatic nitrogens is 2. The fourth-order valence-electron chi connectivity index (χ4n) is 3.17. The maximum atomic E-state index is 2.39. The van der Waals surface area contributed by atoms with Gasteiger partial charge in [-0.2, -0.15) is 0 Å². The maximum Gasteiger partial charge on any atom is 0.570 e. The van der Waals surface area contributed by atoms with Gasteiger partial charge in [0.25, 0.3) is 0 Å². The molecule has 0 aliphatic carbocycles. The second kappa shape index (κ2) is 5.68. The Morgan fingerprint density at radius 3 is 1.76 bits per heavy atom. The summed E-state index contributed by atoms with van der Waals surface area (Å²) in [5, 5.41) is 0.